The SMILES string of the molecule is O=C1OC2(c3ccc(O)cc3Oc3cc(O)ccc32)c2c1cc(Cl)c(O)c2Cl. The molecule has 2 heterocycles. The topological polar surface area (TPSA) is 96.2 Å². The molecule has 5 rings (SSSR count). The Morgan fingerprint density at radius 2 is 1.43 bits per heavy atom. The Kier molecular flexibility index (Phi) is 3.33. The van der Waals surface area contributed by atoms with E-state index in [1.54, 1.807) is 12.1 Å². The Bertz CT molecular complexity index is 1150. The fourth-order valence-corrected chi connectivity index (χ4v) is 4.36. The van der Waals surface area contributed by atoms with Gasteiger partial charge in [-0.05, 0) is 30.3 Å². The van der Waals surface area contributed by atoms with E-state index in [2.05, 4.69) is 0 Å². The first kappa shape index (κ1) is 17.0. The van der Waals surface area contributed by atoms with E-state index in [1.165, 1.54) is 30.3 Å². The number of halogens is 2. The predicted octanol–water partition coefficient (Wildman–Crippen LogP) is 4.68. The summed E-state index contributed by atoms with van der Waals surface area (Å²) < 4.78 is 11.7. The normalized spacial score (nSPS) is 15.4. The number of aromatic hydroxyl groups is 3. The molecule has 0 saturated carbocycles. The molecule has 3 aromatic rings. The molecular weight excluding hydrogens is 407 g/mol. The van der Waals surface area contributed by atoms with Crippen molar-refractivity contribution in [3.8, 4) is 28.7 Å². The highest BCUT2D eigenvalue weighted by molar-refractivity contribution is 6.38. The molecule has 8 heteroatoms. The van der Waals surface area contributed by atoms with Gasteiger partial charge in [-0.1, -0.05) is 23.2 Å². The smallest absolute Gasteiger partial charge is 0.340 e. The Balaban J connectivity index is 1.95. The molecule has 2 aliphatic heterocycles. The van der Waals surface area contributed by atoms with Gasteiger partial charge in [0.1, 0.15) is 23.0 Å². The molecule has 28 heavy (non-hydrogen) atoms. The second-order valence-corrected chi connectivity index (χ2v) is 7.26. The van der Waals surface area contributed by atoms with Crippen molar-refractivity contribution in [3.05, 3.63) is 74.8 Å². The highest BCUT2D eigenvalue weighted by Gasteiger charge is 2.55. The summed E-state index contributed by atoms with van der Waals surface area (Å²) in [5.41, 5.74) is -0.426. The molecule has 3 aromatic carbocycles. The molecule has 0 radical (unpaired) electrons. The van der Waals surface area contributed by atoms with Gasteiger partial charge in [-0.25, -0.2) is 4.79 Å². The zero-order valence-electron chi connectivity index (χ0n) is 13.9. The number of phenolic OH excluding ortho intramolecular Hbond substituents is 3. The van der Waals surface area contributed by atoms with Gasteiger partial charge < -0.3 is 24.8 Å². The Morgan fingerprint density at radius 3 is 2.00 bits per heavy atom. The maximum Gasteiger partial charge on any atom is 0.340 e. The van der Waals surface area contributed by atoms with E-state index in [-0.39, 0.29) is 49.9 Å². The predicted molar refractivity (Wildman–Crippen MR) is 99.7 cm³/mol. The quantitative estimate of drug-likeness (QED) is 0.460. The number of fused-ring (bicyclic) bond motifs is 6. The fraction of sp³-hybridized carbons (Fsp3) is 0.0500. The van der Waals surface area contributed by atoms with E-state index in [1.807, 2.05) is 0 Å². The van der Waals surface area contributed by atoms with Crippen LogP contribution in [0.5, 0.6) is 28.7 Å². The van der Waals surface area contributed by atoms with Crippen molar-refractivity contribution in [2.75, 3.05) is 0 Å². The van der Waals surface area contributed by atoms with Crippen LogP contribution in [0.3, 0.4) is 0 Å². The third kappa shape index (κ3) is 2.01. The van der Waals surface area contributed by atoms with Crippen LogP contribution in [-0.2, 0) is 10.3 Å². The van der Waals surface area contributed by atoms with Gasteiger partial charge in [-0.2, -0.15) is 0 Å². The standard InChI is InChI=1S/C20H10Cl2O6/c21-13-7-10-16(17(22)18(13)25)20(28-19(10)26)11-3-1-8(23)5-14(11)27-15-6-9(24)2-4-12(15)20/h1-7,23-25H. The lowest BCUT2D eigenvalue weighted by atomic mass is 9.77. The number of rotatable bonds is 0. The zero-order chi connectivity index (χ0) is 19.8. The molecule has 0 fully saturated rings. The third-order valence-electron chi connectivity index (χ3n) is 4.92. The van der Waals surface area contributed by atoms with Crippen molar-refractivity contribution in [2.24, 2.45) is 0 Å². The molecule has 0 amide bonds. The van der Waals surface area contributed by atoms with Crippen molar-refractivity contribution >= 4 is 29.2 Å². The van der Waals surface area contributed by atoms with E-state index >= 15 is 0 Å². The summed E-state index contributed by atoms with van der Waals surface area (Å²) in [6, 6.07) is 9.95. The largest absolute Gasteiger partial charge is 0.508 e. The Labute approximate surface area is 168 Å². The highest BCUT2D eigenvalue weighted by Crippen LogP contribution is 2.60. The summed E-state index contributed by atoms with van der Waals surface area (Å²) in [7, 11) is 0. The zero-order valence-corrected chi connectivity index (χ0v) is 15.4. The number of ether oxygens (including phenoxy) is 2. The summed E-state index contributed by atoms with van der Waals surface area (Å²) >= 11 is 12.4. The first-order valence-corrected chi connectivity index (χ1v) is 8.88. The number of esters is 1. The van der Waals surface area contributed by atoms with E-state index < -0.39 is 11.6 Å². The Hall–Kier alpha value is -3.09. The number of hydrogen-bond acceptors (Lipinski definition) is 6. The van der Waals surface area contributed by atoms with Crippen LogP contribution in [0, 0.1) is 0 Å². The first-order valence-electron chi connectivity index (χ1n) is 8.12. The average molecular weight is 417 g/mol. The number of phenols is 3. The molecule has 0 saturated heterocycles. The van der Waals surface area contributed by atoms with E-state index in [0.717, 1.165) is 0 Å². The molecule has 3 N–H and O–H groups in total. The lowest BCUT2D eigenvalue weighted by molar-refractivity contribution is 0.0224. The van der Waals surface area contributed by atoms with Crippen molar-refractivity contribution < 1.29 is 29.6 Å². The van der Waals surface area contributed by atoms with Crippen LogP contribution in [0.1, 0.15) is 27.0 Å². The molecule has 0 aliphatic carbocycles. The van der Waals surface area contributed by atoms with Gasteiger partial charge in [0.25, 0.3) is 0 Å². The van der Waals surface area contributed by atoms with Crippen molar-refractivity contribution in [2.45, 2.75) is 5.60 Å². The van der Waals surface area contributed by atoms with Gasteiger partial charge in [0.2, 0.25) is 0 Å². The van der Waals surface area contributed by atoms with Crippen LogP contribution < -0.4 is 4.74 Å². The van der Waals surface area contributed by atoms with Gasteiger partial charge in [-0.15, -0.1) is 0 Å². The maximum absolute atomic E-state index is 12.7. The summed E-state index contributed by atoms with van der Waals surface area (Å²) in [5.74, 6) is -0.765. The van der Waals surface area contributed by atoms with Gasteiger partial charge in [0.05, 0.1) is 15.6 Å². The summed E-state index contributed by atoms with van der Waals surface area (Å²) in [5, 5.41) is 29.9. The molecule has 0 unspecified atom stereocenters. The minimum absolute atomic E-state index is 0.0629. The van der Waals surface area contributed by atoms with E-state index in [9.17, 15) is 20.1 Å². The second kappa shape index (κ2) is 5.47. The Morgan fingerprint density at radius 1 is 0.857 bits per heavy atom. The number of hydrogen-bond donors (Lipinski definition) is 3. The minimum Gasteiger partial charge on any atom is -0.508 e. The van der Waals surface area contributed by atoms with Crippen LogP contribution in [-0.4, -0.2) is 21.3 Å². The molecule has 0 aromatic heterocycles. The van der Waals surface area contributed by atoms with E-state index in [4.69, 9.17) is 32.7 Å². The van der Waals surface area contributed by atoms with Gasteiger partial charge in [0.15, 0.2) is 11.4 Å². The minimum atomic E-state index is -1.55. The van der Waals surface area contributed by atoms with Crippen LogP contribution in [0.4, 0.5) is 0 Å². The number of carbonyl (C=O) groups is 1. The second-order valence-electron chi connectivity index (χ2n) is 6.48. The van der Waals surface area contributed by atoms with Gasteiger partial charge >= 0.3 is 5.97 Å². The molecule has 6 nitrogen and oxygen atoms in total. The molecule has 1 spiro atoms. The van der Waals surface area contributed by atoms with Crippen LogP contribution in [0.15, 0.2) is 42.5 Å². The van der Waals surface area contributed by atoms with Gasteiger partial charge in [0, 0.05) is 28.8 Å². The molecule has 0 atom stereocenters. The van der Waals surface area contributed by atoms with E-state index in [0.29, 0.717) is 11.1 Å². The number of carbonyl (C=O) groups excluding carboxylic acids is 1. The van der Waals surface area contributed by atoms with Crippen LogP contribution in [0.2, 0.25) is 10.0 Å². The summed E-state index contributed by atoms with van der Waals surface area (Å²) in [4.78, 5) is 12.7. The maximum atomic E-state index is 12.7. The fourth-order valence-electron chi connectivity index (χ4n) is 3.77. The molecular formula is C20H10Cl2O6. The highest BCUT2D eigenvalue weighted by atomic mass is 35.5. The van der Waals surface area contributed by atoms with Crippen molar-refractivity contribution in [1.82, 2.24) is 0 Å². The molecule has 0 bridgehead atoms. The number of benzene rings is 3. The lowest BCUT2D eigenvalue weighted by Gasteiger charge is -2.36. The third-order valence-corrected chi connectivity index (χ3v) is 5.58. The van der Waals surface area contributed by atoms with Crippen LogP contribution in [0.25, 0.3) is 0 Å². The summed E-state index contributed by atoms with van der Waals surface area (Å²) in [6.07, 6.45) is 0. The lowest BCUT2D eigenvalue weighted by Crippen LogP contribution is -2.33. The molecule has 2 aliphatic rings. The first-order chi connectivity index (χ1) is 13.3. The monoisotopic (exact) mass is 416 g/mol. The van der Waals surface area contributed by atoms with Crippen molar-refractivity contribution in [1.29, 1.82) is 0 Å². The molecule has 140 valence electrons. The summed E-state index contributed by atoms with van der Waals surface area (Å²) in [6.45, 7) is 0. The average Bonchev–Trinajstić information content (AvgIpc) is 2.92. The van der Waals surface area contributed by atoms with Crippen molar-refractivity contribution in [3.63, 3.8) is 0 Å². The van der Waals surface area contributed by atoms with Gasteiger partial charge in [-0.3, -0.25) is 0 Å². The van der Waals surface area contributed by atoms with Crippen LogP contribution >= 0.6 is 23.2 Å².